The second-order valence-corrected chi connectivity index (χ2v) is 4.25. The Morgan fingerprint density at radius 2 is 2.36 bits per heavy atom. The average Bonchev–Trinajstić information content (AvgIpc) is 2.41. The van der Waals surface area contributed by atoms with E-state index < -0.39 is 0 Å². The zero-order chi connectivity index (χ0) is 9.97. The van der Waals surface area contributed by atoms with E-state index in [9.17, 15) is 4.39 Å². The zero-order valence-electron chi connectivity index (χ0n) is 7.97. The van der Waals surface area contributed by atoms with Crippen molar-refractivity contribution in [3.05, 3.63) is 17.9 Å². The molecule has 0 spiro atoms. The summed E-state index contributed by atoms with van der Waals surface area (Å²) in [5.41, 5.74) is 0.880. The zero-order valence-corrected chi connectivity index (χ0v) is 8.79. The largest absolute Gasteiger partial charge is 0.494 e. The Morgan fingerprint density at radius 1 is 1.50 bits per heavy atom. The van der Waals surface area contributed by atoms with Gasteiger partial charge in [0.2, 0.25) is 0 Å². The van der Waals surface area contributed by atoms with Crippen LogP contribution in [0.3, 0.4) is 0 Å². The molecule has 0 amide bonds. The fourth-order valence-corrected chi connectivity index (χ4v) is 2.41. The van der Waals surface area contributed by atoms with Crippen molar-refractivity contribution in [2.75, 3.05) is 24.7 Å². The molecule has 2 rings (SSSR count). The fourth-order valence-electron chi connectivity index (χ4n) is 1.43. The molecule has 0 aromatic heterocycles. The van der Waals surface area contributed by atoms with E-state index in [0.717, 1.165) is 29.3 Å². The molecular formula is C10H12FNOS. The first-order chi connectivity index (χ1) is 6.81. The van der Waals surface area contributed by atoms with Gasteiger partial charge in [-0.25, -0.2) is 4.39 Å². The predicted molar refractivity (Wildman–Crippen MR) is 56.8 cm³/mol. The third-order valence-electron chi connectivity index (χ3n) is 2.15. The highest BCUT2D eigenvalue weighted by Gasteiger charge is 2.12. The molecule has 76 valence electrons. The number of thioether (sulfide) groups is 1. The summed E-state index contributed by atoms with van der Waals surface area (Å²) in [6.45, 7) is 0.909. The van der Waals surface area contributed by atoms with Gasteiger partial charge in [-0.05, 0) is 18.2 Å². The van der Waals surface area contributed by atoms with Crippen LogP contribution in [0.15, 0.2) is 17.0 Å². The summed E-state index contributed by atoms with van der Waals surface area (Å²) in [5.74, 6) is 1.08. The Kier molecular flexibility index (Phi) is 2.82. The van der Waals surface area contributed by atoms with E-state index in [1.807, 2.05) is 0 Å². The minimum absolute atomic E-state index is 0.304. The number of hydrogen-bond acceptors (Lipinski definition) is 3. The standard InChI is InChI=1S/C10H12FNOS/c1-13-9-6-10-8(5-7(9)11)12-3-2-4-14-10/h5-6,12H,2-4H2,1H3. The van der Waals surface area contributed by atoms with Gasteiger partial charge in [-0.3, -0.25) is 0 Å². The Balaban J connectivity index is 2.41. The van der Waals surface area contributed by atoms with Crippen LogP contribution >= 0.6 is 11.8 Å². The Bertz CT molecular complexity index is 343. The van der Waals surface area contributed by atoms with Gasteiger partial charge in [-0.15, -0.1) is 11.8 Å². The minimum Gasteiger partial charge on any atom is -0.494 e. The topological polar surface area (TPSA) is 21.3 Å². The maximum absolute atomic E-state index is 13.3. The Labute approximate surface area is 86.8 Å². The van der Waals surface area contributed by atoms with E-state index in [4.69, 9.17) is 4.74 Å². The van der Waals surface area contributed by atoms with Crippen molar-refractivity contribution < 1.29 is 9.13 Å². The lowest BCUT2D eigenvalue weighted by Gasteiger charge is -2.09. The summed E-state index contributed by atoms with van der Waals surface area (Å²) in [6, 6.07) is 3.26. The summed E-state index contributed by atoms with van der Waals surface area (Å²) in [6.07, 6.45) is 1.10. The molecule has 1 aliphatic heterocycles. The molecule has 0 radical (unpaired) electrons. The molecule has 0 unspecified atom stereocenters. The van der Waals surface area contributed by atoms with Gasteiger partial charge < -0.3 is 10.1 Å². The summed E-state index contributed by atoms with van der Waals surface area (Å²) in [4.78, 5) is 1.07. The molecule has 1 heterocycles. The number of anilines is 1. The molecule has 4 heteroatoms. The lowest BCUT2D eigenvalue weighted by molar-refractivity contribution is 0.385. The number of fused-ring (bicyclic) bond motifs is 1. The number of rotatable bonds is 1. The van der Waals surface area contributed by atoms with E-state index in [-0.39, 0.29) is 5.82 Å². The van der Waals surface area contributed by atoms with Crippen molar-refractivity contribution in [2.24, 2.45) is 0 Å². The van der Waals surface area contributed by atoms with Gasteiger partial charge in [0.1, 0.15) is 0 Å². The van der Waals surface area contributed by atoms with Gasteiger partial charge in [-0.2, -0.15) is 0 Å². The Hall–Kier alpha value is -0.900. The maximum atomic E-state index is 13.3. The van der Waals surface area contributed by atoms with Crippen molar-refractivity contribution in [1.29, 1.82) is 0 Å². The van der Waals surface area contributed by atoms with E-state index in [2.05, 4.69) is 5.32 Å². The second kappa shape index (κ2) is 4.09. The molecule has 0 aliphatic carbocycles. The van der Waals surface area contributed by atoms with Crippen LogP contribution in [0.4, 0.5) is 10.1 Å². The van der Waals surface area contributed by atoms with Crippen LogP contribution in [0.25, 0.3) is 0 Å². The van der Waals surface area contributed by atoms with Crippen molar-refractivity contribution in [3.63, 3.8) is 0 Å². The van der Waals surface area contributed by atoms with Gasteiger partial charge in [0.05, 0.1) is 12.8 Å². The summed E-state index contributed by atoms with van der Waals surface area (Å²) in [5, 5.41) is 3.20. The molecule has 0 saturated heterocycles. The van der Waals surface area contributed by atoms with Gasteiger partial charge in [0, 0.05) is 17.5 Å². The van der Waals surface area contributed by atoms with Gasteiger partial charge in [-0.1, -0.05) is 0 Å². The number of nitrogens with one attached hydrogen (secondary N) is 1. The number of ether oxygens (including phenoxy) is 1. The van der Waals surface area contributed by atoms with E-state index in [1.165, 1.54) is 13.2 Å². The van der Waals surface area contributed by atoms with Gasteiger partial charge in [0.15, 0.2) is 11.6 Å². The monoisotopic (exact) mass is 213 g/mol. The van der Waals surface area contributed by atoms with Gasteiger partial charge in [0.25, 0.3) is 0 Å². The maximum Gasteiger partial charge on any atom is 0.167 e. The van der Waals surface area contributed by atoms with E-state index >= 15 is 0 Å². The smallest absolute Gasteiger partial charge is 0.167 e. The SMILES string of the molecule is COc1cc2c(cc1F)NCCCS2. The lowest BCUT2D eigenvalue weighted by Crippen LogP contribution is -2.00. The van der Waals surface area contributed by atoms with Crippen LogP contribution in [-0.4, -0.2) is 19.4 Å². The molecule has 0 saturated carbocycles. The normalized spacial score (nSPS) is 15.3. The van der Waals surface area contributed by atoms with E-state index in [0.29, 0.717) is 5.75 Å². The number of methoxy groups -OCH3 is 1. The van der Waals surface area contributed by atoms with Crippen LogP contribution < -0.4 is 10.1 Å². The van der Waals surface area contributed by atoms with Crippen molar-refractivity contribution >= 4 is 17.4 Å². The third kappa shape index (κ3) is 1.80. The van der Waals surface area contributed by atoms with Crippen molar-refractivity contribution in [2.45, 2.75) is 11.3 Å². The van der Waals surface area contributed by atoms with Crippen LogP contribution in [0.1, 0.15) is 6.42 Å². The molecule has 0 bridgehead atoms. The first-order valence-corrected chi connectivity index (χ1v) is 5.54. The molecular weight excluding hydrogens is 201 g/mol. The first kappa shape index (κ1) is 9.65. The van der Waals surface area contributed by atoms with Crippen LogP contribution in [0, 0.1) is 5.82 Å². The first-order valence-electron chi connectivity index (χ1n) is 4.55. The second-order valence-electron chi connectivity index (χ2n) is 3.11. The van der Waals surface area contributed by atoms with E-state index in [1.54, 1.807) is 17.8 Å². The highest BCUT2D eigenvalue weighted by Crippen LogP contribution is 2.35. The quantitative estimate of drug-likeness (QED) is 0.775. The van der Waals surface area contributed by atoms with Crippen molar-refractivity contribution in [1.82, 2.24) is 0 Å². The molecule has 14 heavy (non-hydrogen) atoms. The lowest BCUT2D eigenvalue weighted by atomic mass is 10.3. The highest BCUT2D eigenvalue weighted by atomic mass is 32.2. The number of hydrogen-bond donors (Lipinski definition) is 1. The average molecular weight is 213 g/mol. The van der Waals surface area contributed by atoms with Crippen molar-refractivity contribution in [3.8, 4) is 5.75 Å². The van der Waals surface area contributed by atoms with Gasteiger partial charge >= 0.3 is 0 Å². The molecule has 0 atom stereocenters. The van der Waals surface area contributed by atoms with Crippen LogP contribution in [0.2, 0.25) is 0 Å². The molecule has 0 fully saturated rings. The molecule has 1 aliphatic rings. The van der Waals surface area contributed by atoms with Crippen LogP contribution in [-0.2, 0) is 0 Å². The molecule has 1 aromatic rings. The predicted octanol–water partition coefficient (Wildman–Crippen LogP) is 2.74. The Morgan fingerprint density at radius 3 is 3.14 bits per heavy atom. The molecule has 1 N–H and O–H groups in total. The molecule has 2 nitrogen and oxygen atoms in total. The summed E-state index contributed by atoms with van der Waals surface area (Å²) < 4.78 is 18.3. The number of halogens is 1. The molecule has 1 aromatic carbocycles. The number of benzene rings is 1. The summed E-state index contributed by atoms with van der Waals surface area (Å²) >= 11 is 1.74. The highest BCUT2D eigenvalue weighted by molar-refractivity contribution is 7.99. The summed E-state index contributed by atoms with van der Waals surface area (Å²) in [7, 11) is 1.49. The fraction of sp³-hybridized carbons (Fsp3) is 0.400. The third-order valence-corrected chi connectivity index (χ3v) is 3.29. The van der Waals surface area contributed by atoms with Crippen LogP contribution in [0.5, 0.6) is 5.75 Å². The minimum atomic E-state index is -0.304.